The predicted octanol–water partition coefficient (Wildman–Crippen LogP) is 2.17. The second kappa shape index (κ2) is 4.88. The van der Waals surface area contributed by atoms with Crippen molar-refractivity contribution in [3.05, 3.63) is 22.4 Å². The molecule has 1 fully saturated rings. The molecule has 0 aliphatic heterocycles. The fourth-order valence-electron chi connectivity index (χ4n) is 2.08. The van der Waals surface area contributed by atoms with Crippen LogP contribution in [-0.4, -0.2) is 10.7 Å². The van der Waals surface area contributed by atoms with Crippen molar-refractivity contribution in [2.75, 3.05) is 0 Å². The van der Waals surface area contributed by atoms with Crippen LogP contribution in [0.15, 0.2) is 12.3 Å². The minimum Gasteiger partial charge on any atom is -0.300 e. The van der Waals surface area contributed by atoms with Crippen LogP contribution in [-0.2, 0) is 4.79 Å². The second-order valence-corrected chi connectivity index (χ2v) is 3.79. The quantitative estimate of drug-likeness (QED) is 0.514. The van der Waals surface area contributed by atoms with Crippen LogP contribution >= 0.6 is 0 Å². The van der Waals surface area contributed by atoms with Crippen LogP contribution in [0.4, 0.5) is 0 Å². The number of hydrogen-bond donors (Lipinski definition) is 0. The zero-order valence-electron chi connectivity index (χ0n) is 8.31. The van der Waals surface area contributed by atoms with E-state index in [2.05, 4.69) is 0 Å². The summed E-state index contributed by atoms with van der Waals surface area (Å²) in [6.45, 7) is 1.57. The fourth-order valence-corrected chi connectivity index (χ4v) is 2.08. The number of allylic oxidation sites excluding steroid dienone is 1. The molecule has 0 aromatic carbocycles. The summed E-state index contributed by atoms with van der Waals surface area (Å²) < 4.78 is 0. The molecule has 4 nitrogen and oxygen atoms in total. The number of carbonyl (C=O) groups is 1. The summed E-state index contributed by atoms with van der Waals surface area (Å²) in [5.74, 6) is 0.231. The molecule has 1 aliphatic rings. The molecule has 0 aromatic heterocycles. The van der Waals surface area contributed by atoms with Gasteiger partial charge in [-0.05, 0) is 31.8 Å². The first kappa shape index (κ1) is 10.9. The second-order valence-electron chi connectivity index (χ2n) is 3.79. The Balaban J connectivity index is 2.63. The van der Waals surface area contributed by atoms with Crippen LogP contribution < -0.4 is 0 Å². The molecule has 1 rings (SSSR count). The Labute approximate surface area is 83.1 Å². The highest BCUT2D eigenvalue weighted by molar-refractivity contribution is 5.78. The lowest BCUT2D eigenvalue weighted by molar-refractivity contribution is -0.402. The highest BCUT2D eigenvalue weighted by Gasteiger charge is 2.27. The van der Waals surface area contributed by atoms with Gasteiger partial charge in [-0.2, -0.15) is 0 Å². The average molecular weight is 197 g/mol. The third-order valence-electron chi connectivity index (χ3n) is 2.80. The van der Waals surface area contributed by atoms with Crippen molar-refractivity contribution in [3.63, 3.8) is 0 Å². The minimum atomic E-state index is -0.466. The van der Waals surface area contributed by atoms with Gasteiger partial charge in [-0.1, -0.05) is 12.8 Å². The molecule has 2 atom stereocenters. The van der Waals surface area contributed by atoms with E-state index in [1.165, 1.54) is 0 Å². The zero-order chi connectivity index (χ0) is 10.6. The summed E-state index contributed by atoms with van der Waals surface area (Å²) >= 11 is 0. The van der Waals surface area contributed by atoms with E-state index < -0.39 is 4.92 Å². The summed E-state index contributed by atoms with van der Waals surface area (Å²) in [5.41, 5.74) is 0. The average Bonchev–Trinajstić information content (AvgIpc) is 2.15. The Bertz CT molecular complexity index is 260. The molecule has 4 heteroatoms. The van der Waals surface area contributed by atoms with Crippen LogP contribution in [0, 0.1) is 22.0 Å². The first-order valence-electron chi connectivity index (χ1n) is 4.93. The molecule has 0 bridgehead atoms. The smallest absolute Gasteiger partial charge is 0.230 e. The molecular weight excluding hydrogens is 182 g/mol. The molecule has 0 radical (unpaired) electrons. The van der Waals surface area contributed by atoms with Crippen molar-refractivity contribution in [3.8, 4) is 0 Å². The molecular formula is C10H15NO3. The molecule has 14 heavy (non-hydrogen) atoms. The van der Waals surface area contributed by atoms with Gasteiger partial charge in [0.1, 0.15) is 5.78 Å². The van der Waals surface area contributed by atoms with E-state index in [0.717, 1.165) is 31.9 Å². The maximum absolute atomic E-state index is 11.3. The van der Waals surface area contributed by atoms with Crippen LogP contribution in [0.5, 0.6) is 0 Å². The third-order valence-corrected chi connectivity index (χ3v) is 2.80. The van der Waals surface area contributed by atoms with Crippen LogP contribution in [0.3, 0.4) is 0 Å². The van der Waals surface area contributed by atoms with Gasteiger partial charge in [0, 0.05) is 5.92 Å². The van der Waals surface area contributed by atoms with E-state index in [4.69, 9.17) is 0 Å². The van der Waals surface area contributed by atoms with Gasteiger partial charge in [-0.25, -0.2) is 0 Å². The predicted molar refractivity (Wildman–Crippen MR) is 52.3 cm³/mol. The molecule has 1 saturated carbocycles. The Hall–Kier alpha value is -1.19. The third kappa shape index (κ3) is 2.94. The molecule has 0 heterocycles. The normalized spacial score (nSPS) is 27.8. The van der Waals surface area contributed by atoms with E-state index in [1.807, 2.05) is 0 Å². The van der Waals surface area contributed by atoms with Crippen molar-refractivity contribution in [2.24, 2.45) is 11.8 Å². The van der Waals surface area contributed by atoms with Gasteiger partial charge in [-0.15, -0.1) is 0 Å². The van der Waals surface area contributed by atoms with Crippen LogP contribution in [0.2, 0.25) is 0 Å². The van der Waals surface area contributed by atoms with Gasteiger partial charge in [0.05, 0.1) is 4.92 Å². The summed E-state index contributed by atoms with van der Waals surface area (Å²) in [7, 11) is 0. The standard InChI is InChI=1S/C10H15NO3/c1-8(12)10-5-3-2-4-9(10)6-7-11(13)14/h6-7,9-10H,2-5H2,1H3/b7-6+/t9-,10-/m1/s1. The number of nitrogens with zero attached hydrogens (tertiary/aromatic N) is 1. The molecule has 0 unspecified atom stereocenters. The Morgan fingerprint density at radius 2 is 2.07 bits per heavy atom. The van der Waals surface area contributed by atoms with E-state index in [9.17, 15) is 14.9 Å². The van der Waals surface area contributed by atoms with E-state index in [1.54, 1.807) is 13.0 Å². The SMILES string of the molecule is CC(=O)[C@H]1CCCC[C@@H]1/C=C/[N+](=O)[O-]. The van der Waals surface area contributed by atoms with Gasteiger partial charge in [0.2, 0.25) is 6.20 Å². The van der Waals surface area contributed by atoms with Crippen molar-refractivity contribution < 1.29 is 9.72 Å². The molecule has 0 saturated heterocycles. The Kier molecular flexibility index (Phi) is 3.80. The molecule has 78 valence electrons. The van der Waals surface area contributed by atoms with E-state index in [-0.39, 0.29) is 17.6 Å². The lowest BCUT2D eigenvalue weighted by atomic mass is 9.77. The van der Waals surface area contributed by atoms with Crippen molar-refractivity contribution >= 4 is 5.78 Å². The van der Waals surface area contributed by atoms with Gasteiger partial charge in [-0.3, -0.25) is 14.9 Å². The largest absolute Gasteiger partial charge is 0.300 e. The highest BCUT2D eigenvalue weighted by Crippen LogP contribution is 2.31. The maximum Gasteiger partial charge on any atom is 0.230 e. The first-order valence-corrected chi connectivity index (χ1v) is 4.93. The van der Waals surface area contributed by atoms with Gasteiger partial charge in [0.25, 0.3) is 0 Å². The first-order chi connectivity index (χ1) is 6.61. The van der Waals surface area contributed by atoms with E-state index >= 15 is 0 Å². The molecule has 0 spiro atoms. The van der Waals surface area contributed by atoms with Gasteiger partial charge < -0.3 is 0 Å². The molecule has 0 aromatic rings. The summed E-state index contributed by atoms with van der Waals surface area (Å²) in [4.78, 5) is 20.9. The molecule has 1 aliphatic carbocycles. The highest BCUT2D eigenvalue weighted by atomic mass is 16.6. The van der Waals surface area contributed by atoms with Crippen LogP contribution in [0.1, 0.15) is 32.6 Å². The van der Waals surface area contributed by atoms with Crippen molar-refractivity contribution in [1.82, 2.24) is 0 Å². The molecule has 0 N–H and O–H groups in total. The maximum atomic E-state index is 11.3. The number of rotatable bonds is 3. The summed E-state index contributed by atoms with van der Waals surface area (Å²) in [5, 5.41) is 10.2. The van der Waals surface area contributed by atoms with Crippen LogP contribution in [0.25, 0.3) is 0 Å². The lowest BCUT2D eigenvalue weighted by Gasteiger charge is -2.26. The van der Waals surface area contributed by atoms with Crippen molar-refractivity contribution in [1.29, 1.82) is 0 Å². The lowest BCUT2D eigenvalue weighted by Crippen LogP contribution is -2.24. The summed E-state index contributed by atoms with van der Waals surface area (Å²) in [6, 6.07) is 0. The number of ketones is 1. The minimum absolute atomic E-state index is 0.0000463. The topological polar surface area (TPSA) is 60.2 Å². The summed E-state index contributed by atoms with van der Waals surface area (Å²) in [6.07, 6.45) is 6.44. The number of hydrogen-bond acceptors (Lipinski definition) is 3. The zero-order valence-corrected chi connectivity index (χ0v) is 8.31. The van der Waals surface area contributed by atoms with Gasteiger partial charge >= 0.3 is 0 Å². The molecule has 0 amide bonds. The number of nitro groups is 1. The number of Topliss-reactive ketones (excluding diaryl/α,β-unsaturated/α-hetero) is 1. The van der Waals surface area contributed by atoms with Crippen molar-refractivity contribution in [2.45, 2.75) is 32.6 Å². The Morgan fingerprint density at radius 1 is 1.43 bits per heavy atom. The number of carbonyl (C=O) groups excluding carboxylic acids is 1. The fraction of sp³-hybridized carbons (Fsp3) is 0.700. The van der Waals surface area contributed by atoms with E-state index in [0.29, 0.717) is 0 Å². The monoisotopic (exact) mass is 197 g/mol. The Morgan fingerprint density at radius 3 is 2.64 bits per heavy atom. The van der Waals surface area contributed by atoms with Gasteiger partial charge in [0.15, 0.2) is 0 Å².